The Hall–Kier alpha value is -1.96. The summed E-state index contributed by atoms with van der Waals surface area (Å²) in [6.45, 7) is 3.23. The number of nitrogens with zero attached hydrogens (tertiary/aromatic N) is 1. The number of carbonyl (C=O) groups is 2. The van der Waals surface area contributed by atoms with E-state index in [0.717, 1.165) is 31.4 Å². The van der Waals surface area contributed by atoms with Gasteiger partial charge in [-0.3, -0.25) is 9.59 Å². The second kappa shape index (κ2) is 7.29. The maximum absolute atomic E-state index is 15.5. The average molecular weight is 434 g/mol. The molecule has 4 fully saturated rings. The number of hydrogen-bond acceptors (Lipinski definition) is 5. The Kier molecular flexibility index (Phi) is 4.92. The fourth-order valence-corrected chi connectivity index (χ4v) is 7.41. The first kappa shape index (κ1) is 20.9. The molecule has 170 valence electrons. The number of rotatable bonds is 7. The van der Waals surface area contributed by atoms with Crippen LogP contribution >= 0.6 is 0 Å². The molecule has 7 nitrogen and oxygen atoms in total. The molecule has 8 heteroatoms. The standard InChI is InChI=1S/C23H32FN3O4/c1-14-12-15(31-27-14)13-26-20(30)23(7-4-21(24)8-10-25-11-9-21)17-3-2-16(18(23)19(28)29)22(17)5-6-22/h12,16-18,25H,2-11,13H2,1H3,(H,26,30)(H,28,29)/t16-,17+,18+,23-/m1/s1. The average Bonchev–Trinajstić information content (AvgIpc) is 3.23. The van der Waals surface area contributed by atoms with Crippen LogP contribution in [0.15, 0.2) is 10.6 Å². The number of carbonyl (C=O) groups excluding carboxylic acids is 1. The number of piperidine rings is 1. The van der Waals surface area contributed by atoms with E-state index in [0.29, 0.717) is 38.1 Å². The van der Waals surface area contributed by atoms with E-state index in [2.05, 4.69) is 15.8 Å². The van der Waals surface area contributed by atoms with Crippen LogP contribution in [-0.4, -0.2) is 40.9 Å². The van der Waals surface area contributed by atoms with Gasteiger partial charge in [-0.05, 0) is 88.6 Å². The molecule has 4 atom stereocenters. The van der Waals surface area contributed by atoms with Gasteiger partial charge in [0.2, 0.25) is 5.91 Å². The molecule has 4 aliphatic rings. The number of hydrogen-bond donors (Lipinski definition) is 3. The van der Waals surface area contributed by atoms with Gasteiger partial charge in [0.05, 0.1) is 23.6 Å². The third-order valence-electron chi connectivity index (χ3n) is 8.88. The van der Waals surface area contributed by atoms with Crippen LogP contribution in [0.2, 0.25) is 0 Å². The van der Waals surface area contributed by atoms with Crippen LogP contribution < -0.4 is 10.6 Å². The van der Waals surface area contributed by atoms with Gasteiger partial charge in [-0.25, -0.2) is 4.39 Å². The van der Waals surface area contributed by atoms with Crippen LogP contribution in [0.4, 0.5) is 4.39 Å². The van der Waals surface area contributed by atoms with Crippen LogP contribution in [0, 0.1) is 35.5 Å². The van der Waals surface area contributed by atoms with Gasteiger partial charge in [-0.1, -0.05) is 5.16 Å². The van der Waals surface area contributed by atoms with Crippen molar-refractivity contribution in [3.05, 3.63) is 17.5 Å². The summed E-state index contributed by atoms with van der Waals surface area (Å²) in [5.74, 6) is -1.30. The van der Waals surface area contributed by atoms with Crippen molar-refractivity contribution in [2.24, 2.45) is 28.6 Å². The monoisotopic (exact) mass is 433 g/mol. The number of aryl methyl sites for hydroxylation is 1. The van der Waals surface area contributed by atoms with E-state index in [4.69, 9.17) is 4.52 Å². The second-order valence-corrected chi connectivity index (χ2v) is 10.3. The highest BCUT2D eigenvalue weighted by Crippen LogP contribution is 2.79. The molecule has 5 rings (SSSR count). The van der Waals surface area contributed by atoms with Gasteiger partial charge >= 0.3 is 5.97 Å². The molecule has 1 aliphatic heterocycles. The highest BCUT2D eigenvalue weighted by atomic mass is 19.1. The summed E-state index contributed by atoms with van der Waals surface area (Å²) in [5.41, 5.74) is -1.68. The minimum atomic E-state index is -1.33. The lowest BCUT2D eigenvalue weighted by atomic mass is 9.61. The third-order valence-corrected chi connectivity index (χ3v) is 8.88. The fourth-order valence-electron chi connectivity index (χ4n) is 7.41. The number of aliphatic carboxylic acids is 1. The molecule has 1 aromatic rings. The summed E-state index contributed by atoms with van der Waals surface area (Å²) >= 11 is 0. The molecule has 1 aromatic heterocycles. The molecule has 2 heterocycles. The normalized spacial score (nSPS) is 34.7. The zero-order chi connectivity index (χ0) is 21.9. The highest BCUT2D eigenvalue weighted by molar-refractivity contribution is 5.90. The Morgan fingerprint density at radius 1 is 1.26 bits per heavy atom. The number of halogens is 1. The lowest BCUT2D eigenvalue weighted by Crippen LogP contribution is -2.53. The molecule has 3 aliphatic carbocycles. The van der Waals surface area contributed by atoms with Gasteiger partial charge < -0.3 is 20.3 Å². The zero-order valence-corrected chi connectivity index (χ0v) is 18.1. The van der Waals surface area contributed by atoms with Gasteiger partial charge in [-0.15, -0.1) is 0 Å². The number of amides is 1. The predicted octanol–water partition coefficient (Wildman–Crippen LogP) is 2.98. The van der Waals surface area contributed by atoms with E-state index < -0.39 is 23.0 Å². The van der Waals surface area contributed by atoms with Gasteiger partial charge in [0, 0.05) is 6.07 Å². The Morgan fingerprint density at radius 3 is 2.61 bits per heavy atom. The second-order valence-electron chi connectivity index (χ2n) is 10.3. The molecular weight excluding hydrogens is 401 g/mol. The fraction of sp³-hybridized carbons (Fsp3) is 0.783. The molecule has 2 bridgehead atoms. The van der Waals surface area contributed by atoms with Crippen LogP contribution in [0.3, 0.4) is 0 Å². The minimum absolute atomic E-state index is 0.0212. The first-order valence-corrected chi connectivity index (χ1v) is 11.6. The SMILES string of the molecule is Cc1cc(CNC(=O)[C@@]2(CCC3(F)CCNCC3)[C@H](C(=O)O)[C@H]3CC[C@H]2C32CC2)on1. The molecule has 0 radical (unpaired) electrons. The zero-order valence-electron chi connectivity index (χ0n) is 18.1. The Balaban J connectivity index is 1.44. The molecule has 3 N–H and O–H groups in total. The maximum atomic E-state index is 15.5. The lowest BCUT2D eigenvalue weighted by molar-refractivity contribution is -0.158. The third kappa shape index (κ3) is 3.20. The van der Waals surface area contributed by atoms with Gasteiger partial charge in [0.1, 0.15) is 5.67 Å². The molecule has 31 heavy (non-hydrogen) atoms. The van der Waals surface area contributed by atoms with Crippen molar-refractivity contribution in [2.75, 3.05) is 13.1 Å². The molecule has 1 amide bonds. The van der Waals surface area contributed by atoms with E-state index in [1.165, 1.54) is 0 Å². The van der Waals surface area contributed by atoms with E-state index in [9.17, 15) is 14.7 Å². The maximum Gasteiger partial charge on any atom is 0.307 e. The van der Waals surface area contributed by atoms with Crippen LogP contribution in [0.1, 0.15) is 62.8 Å². The minimum Gasteiger partial charge on any atom is -0.481 e. The highest BCUT2D eigenvalue weighted by Gasteiger charge is 2.77. The number of nitrogens with one attached hydrogen (secondary N) is 2. The number of carboxylic acids is 1. The van der Waals surface area contributed by atoms with Crippen molar-refractivity contribution in [1.82, 2.24) is 15.8 Å². The first-order valence-electron chi connectivity index (χ1n) is 11.6. The van der Waals surface area contributed by atoms with Crippen molar-refractivity contribution in [3.8, 4) is 0 Å². The lowest BCUT2D eigenvalue weighted by Gasteiger charge is -2.43. The topological polar surface area (TPSA) is 104 Å². The summed E-state index contributed by atoms with van der Waals surface area (Å²) < 4.78 is 20.8. The Bertz CT molecular complexity index is 876. The van der Waals surface area contributed by atoms with Crippen LogP contribution in [0.25, 0.3) is 0 Å². The van der Waals surface area contributed by atoms with Crippen molar-refractivity contribution in [3.63, 3.8) is 0 Å². The van der Waals surface area contributed by atoms with E-state index >= 15 is 4.39 Å². The van der Waals surface area contributed by atoms with E-state index in [1.54, 1.807) is 6.07 Å². The van der Waals surface area contributed by atoms with Crippen molar-refractivity contribution in [2.45, 2.75) is 70.5 Å². The van der Waals surface area contributed by atoms with Crippen molar-refractivity contribution >= 4 is 11.9 Å². The summed E-state index contributed by atoms with van der Waals surface area (Å²) in [5, 5.41) is 20.3. The number of alkyl halides is 1. The molecule has 1 spiro atoms. The van der Waals surface area contributed by atoms with Gasteiger partial charge in [0.25, 0.3) is 0 Å². The van der Waals surface area contributed by atoms with Crippen molar-refractivity contribution in [1.29, 1.82) is 0 Å². The van der Waals surface area contributed by atoms with Crippen LogP contribution in [0.5, 0.6) is 0 Å². The predicted molar refractivity (Wildman–Crippen MR) is 110 cm³/mol. The first-order chi connectivity index (χ1) is 14.8. The summed E-state index contributed by atoms with van der Waals surface area (Å²) in [6, 6.07) is 1.76. The largest absolute Gasteiger partial charge is 0.481 e. The summed E-state index contributed by atoms with van der Waals surface area (Å²) in [7, 11) is 0. The van der Waals surface area contributed by atoms with Crippen LogP contribution in [-0.2, 0) is 16.1 Å². The number of aromatic nitrogens is 1. The Morgan fingerprint density at radius 2 is 2.00 bits per heavy atom. The van der Waals surface area contributed by atoms with Gasteiger partial charge in [-0.2, -0.15) is 0 Å². The molecule has 3 saturated carbocycles. The summed E-state index contributed by atoms with van der Waals surface area (Å²) in [4.78, 5) is 26.3. The molecule has 0 aromatic carbocycles. The quantitative estimate of drug-likeness (QED) is 0.611. The number of carboxylic acid groups (broad SMARTS) is 1. The molecule has 1 saturated heterocycles. The van der Waals surface area contributed by atoms with E-state index in [-0.39, 0.29) is 36.1 Å². The smallest absolute Gasteiger partial charge is 0.307 e. The Labute approximate surface area is 181 Å². The summed E-state index contributed by atoms with van der Waals surface area (Å²) in [6.07, 6.45) is 5.09. The molecular formula is C23H32FN3O4. The van der Waals surface area contributed by atoms with Gasteiger partial charge in [0.15, 0.2) is 5.76 Å². The van der Waals surface area contributed by atoms with E-state index in [1.807, 2.05) is 6.92 Å². The van der Waals surface area contributed by atoms with Crippen molar-refractivity contribution < 1.29 is 23.6 Å². The molecule has 0 unspecified atom stereocenters.